The average Bonchev–Trinajstić information content (AvgIpc) is 3.08. The van der Waals surface area contributed by atoms with E-state index in [9.17, 15) is 9.59 Å². The molecule has 2 rings (SSSR count). The van der Waals surface area contributed by atoms with E-state index in [1.165, 1.54) is 7.11 Å². The molecule has 2 N–H and O–H groups in total. The molecule has 8 heteroatoms. The number of esters is 1. The van der Waals surface area contributed by atoms with Crippen LogP contribution in [-0.4, -0.2) is 70.2 Å². The SMILES string of the molecule is CN=C(NCCNC(=O)c1ccc(OC)cc1)N1CC(C)C(C(=O)OC)C1. The first-order valence-electron chi connectivity index (χ1n) is 8.95. The first kappa shape index (κ1) is 20.5. The number of nitrogens with zero attached hydrogens (tertiary/aromatic N) is 2. The van der Waals surface area contributed by atoms with Crippen LogP contribution >= 0.6 is 0 Å². The maximum atomic E-state index is 12.1. The lowest BCUT2D eigenvalue weighted by molar-refractivity contribution is -0.145. The molecule has 8 nitrogen and oxygen atoms in total. The number of ether oxygens (including phenoxy) is 2. The van der Waals surface area contributed by atoms with Crippen LogP contribution in [0.15, 0.2) is 29.3 Å². The number of aliphatic imine (C=N–C) groups is 1. The van der Waals surface area contributed by atoms with Gasteiger partial charge >= 0.3 is 5.97 Å². The first-order chi connectivity index (χ1) is 13.0. The number of nitrogens with one attached hydrogen (secondary N) is 2. The quantitative estimate of drug-likeness (QED) is 0.329. The minimum absolute atomic E-state index is 0.144. The van der Waals surface area contributed by atoms with Gasteiger partial charge in [-0.15, -0.1) is 0 Å². The van der Waals surface area contributed by atoms with Gasteiger partial charge in [0.25, 0.3) is 5.91 Å². The van der Waals surface area contributed by atoms with Crippen LogP contribution in [0.4, 0.5) is 0 Å². The predicted octanol–water partition coefficient (Wildman–Crippen LogP) is 0.741. The molecule has 0 aromatic heterocycles. The van der Waals surface area contributed by atoms with E-state index in [1.807, 2.05) is 11.8 Å². The summed E-state index contributed by atoms with van der Waals surface area (Å²) in [4.78, 5) is 30.3. The fourth-order valence-corrected chi connectivity index (χ4v) is 3.13. The molecule has 148 valence electrons. The van der Waals surface area contributed by atoms with Gasteiger partial charge in [-0.1, -0.05) is 6.92 Å². The van der Waals surface area contributed by atoms with Crippen LogP contribution < -0.4 is 15.4 Å². The highest BCUT2D eigenvalue weighted by molar-refractivity contribution is 5.94. The predicted molar refractivity (Wildman–Crippen MR) is 103 cm³/mol. The molecule has 1 saturated heterocycles. The van der Waals surface area contributed by atoms with Crippen molar-refractivity contribution in [1.82, 2.24) is 15.5 Å². The van der Waals surface area contributed by atoms with Crippen LogP contribution in [0.2, 0.25) is 0 Å². The monoisotopic (exact) mass is 376 g/mol. The molecule has 1 aliphatic rings. The van der Waals surface area contributed by atoms with Crippen LogP contribution in [-0.2, 0) is 9.53 Å². The Bertz CT molecular complexity index is 675. The smallest absolute Gasteiger partial charge is 0.310 e. The summed E-state index contributed by atoms with van der Waals surface area (Å²) >= 11 is 0. The van der Waals surface area contributed by atoms with Crippen LogP contribution in [0, 0.1) is 11.8 Å². The molecule has 1 fully saturated rings. The Kier molecular flexibility index (Phi) is 7.45. The van der Waals surface area contributed by atoms with Crippen LogP contribution in [0.25, 0.3) is 0 Å². The van der Waals surface area contributed by atoms with E-state index in [1.54, 1.807) is 38.4 Å². The molecular weight excluding hydrogens is 348 g/mol. The van der Waals surface area contributed by atoms with Gasteiger partial charge in [-0.2, -0.15) is 0 Å². The topological polar surface area (TPSA) is 92.3 Å². The van der Waals surface area contributed by atoms with Crippen LogP contribution in [0.3, 0.4) is 0 Å². The van der Waals surface area contributed by atoms with Crippen molar-refractivity contribution in [1.29, 1.82) is 0 Å². The van der Waals surface area contributed by atoms with Crippen molar-refractivity contribution < 1.29 is 19.1 Å². The van der Waals surface area contributed by atoms with Crippen LogP contribution in [0.1, 0.15) is 17.3 Å². The highest BCUT2D eigenvalue weighted by atomic mass is 16.5. The number of hydrogen-bond donors (Lipinski definition) is 2. The maximum absolute atomic E-state index is 12.1. The van der Waals surface area contributed by atoms with Gasteiger partial charge in [0.05, 0.1) is 20.1 Å². The molecule has 2 unspecified atom stereocenters. The van der Waals surface area contributed by atoms with Gasteiger partial charge in [0, 0.05) is 38.8 Å². The minimum atomic E-state index is -0.188. The van der Waals surface area contributed by atoms with Crippen molar-refractivity contribution in [2.75, 3.05) is 47.4 Å². The summed E-state index contributed by atoms with van der Waals surface area (Å²) in [5, 5.41) is 6.09. The van der Waals surface area contributed by atoms with Crippen molar-refractivity contribution in [2.24, 2.45) is 16.8 Å². The summed E-state index contributed by atoms with van der Waals surface area (Å²) in [7, 11) is 4.70. The molecule has 1 amide bonds. The molecule has 0 radical (unpaired) electrons. The number of likely N-dealkylation sites (tertiary alicyclic amines) is 1. The summed E-state index contributed by atoms with van der Waals surface area (Å²) in [6.45, 7) is 4.32. The Morgan fingerprint density at radius 3 is 2.41 bits per heavy atom. The number of carbonyl (C=O) groups excluding carboxylic acids is 2. The number of methoxy groups -OCH3 is 2. The van der Waals surface area contributed by atoms with Crippen LogP contribution in [0.5, 0.6) is 5.75 Å². The summed E-state index contributed by atoms with van der Waals surface area (Å²) in [5.41, 5.74) is 0.578. The molecule has 0 saturated carbocycles. The standard InChI is InChI=1S/C19H28N4O4/c1-13-11-23(12-16(13)18(25)27-4)19(20-2)22-10-9-21-17(24)14-5-7-15(26-3)8-6-14/h5-8,13,16H,9-12H2,1-4H3,(H,20,22)(H,21,24). The molecule has 0 aliphatic carbocycles. The van der Waals surface area contributed by atoms with E-state index in [4.69, 9.17) is 9.47 Å². The number of amides is 1. The second-order valence-corrected chi connectivity index (χ2v) is 6.47. The second kappa shape index (κ2) is 9.80. The van der Waals surface area contributed by atoms with Crippen molar-refractivity contribution in [3.8, 4) is 5.75 Å². The van der Waals surface area contributed by atoms with Gasteiger partial charge in [-0.25, -0.2) is 0 Å². The van der Waals surface area contributed by atoms with Crippen molar-refractivity contribution in [3.05, 3.63) is 29.8 Å². The lowest BCUT2D eigenvalue weighted by Gasteiger charge is -2.21. The van der Waals surface area contributed by atoms with Gasteiger partial charge in [0.15, 0.2) is 5.96 Å². The van der Waals surface area contributed by atoms with E-state index >= 15 is 0 Å². The minimum Gasteiger partial charge on any atom is -0.497 e. The second-order valence-electron chi connectivity index (χ2n) is 6.47. The molecule has 2 atom stereocenters. The molecule has 1 aromatic carbocycles. The molecule has 27 heavy (non-hydrogen) atoms. The van der Waals surface area contributed by atoms with E-state index in [0.29, 0.717) is 36.9 Å². The highest BCUT2D eigenvalue weighted by Crippen LogP contribution is 2.23. The molecular formula is C19H28N4O4. The van der Waals surface area contributed by atoms with Crippen molar-refractivity contribution >= 4 is 17.8 Å². The summed E-state index contributed by atoms with van der Waals surface area (Å²) in [5.74, 6) is 1.14. The molecule has 1 heterocycles. The normalized spacial score (nSPS) is 19.6. The van der Waals surface area contributed by atoms with Gasteiger partial charge in [-0.3, -0.25) is 14.6 Å². The fraction of sp³-hybridized carbons (Fsp3) is 0.526. The number of benzene rings is 1. The van der Waals surface area contributed by atoms with Gasteiger partial charge in [-0.05, 0) is 30.2 Å². The Labute approximate surface area is 159 Å². The number of rotatable bonds is 6. The Morgan fingerprint density at radius 1 is 1.15 bits per heavy atom. The van der Waals surface area contributed by atoms with Gasteiger partial charge in [0.2, 0.25) is 0 Å². The Hall–Kier alpha value is -2.77. The number of hydrogen-bond acceptors (Lipinski definition) is 5. The Balaban J connectivity index is 1.78. The first-order valence-corrected chi connectivity index (χ1v) is 8.95. The summed E-state index contributed by atoms with van der Waals surface area (Å²) in [6.07, 6.45) is 0. The van der Waals surface area contributed by atoms with Crippen molar-refractivity contribution in [3.63, 3.8) is 0 Å². The van der Waals surface area contributed by atoms with Crippen molar-refractivity contribution in [2.45, 2.75) is 6.92 Å². The number of carbonyl (C=O) groups is 2. The zero-order valence-electron chi connectivity index (χ0n) is 16.3. The Morgan fingerprint density at radius 2 is 1.81 bits per heavy atom. The lowest BCUT2D eigenvalue weighted by atomic mass is 9.99. The molecule has 1 aromatic rings. The summed E-state index contributed by atoms with van der Waals surface area (Å²) in [6, 6.07) is 6.95. The molecule has 0 spiro atoms. The highest BCUT2D eigenvalue weighted by Gasteiger charge is 2.36. The number of guanidine groups is 1. The van der Waals surface area contributed by atoms with E-state index in [2.05, 4.69) is 15.6 Å². The van der Waals surface area contributed by atoms with E-state index in [-0.39, 0.29) is 23.7 Å². The molecule has 1 aliphatic heterocycles. The summed E-state index contributed by atoms with van der Waals surface area (Å²) < 4.78 is 9.95. The van der Waals surface area contributed by atoms with Gasteiger partial charge in [0.1, 0.15) is 5.75 Å². The van der Waals surface area contributed by atoms with Gasteiger partial charge < -0.3 is 25.0 Å². The zero-order chi connectivity index (χ0) is 19.8. The zero-order valence-corrected chi connectivity index (χ0v) is 16.3. The average molecular weight is 376 g/mol. The largest absolute Gasteiger partial charge is 0.497 e. The van der Waals surface area contributed by atoms with E-state index in [0.717, 1.165) is 6.54 Å². The third kappa shape index (κ3) is 5.35. The maximum Gasteiger partial charge on any atom is 0.310 e. The third-order valence-electron chi connectivity index (χ3n) is 4.67. The third-order valence-corrected chi connectivity index (χ3v) is 4.67. The van der Waals surface area contributed by atoms with E-state index < -0.39 is 0 Å². The lowest BCUT2D eigenvalue weighted by Crippen LogP contribution is -2.43. The fourth-order valence-electron chi connectivity index (χ4n) is 3.13. The molecule has 0 bridgehead atoms.